The number of H-pyrrole nitrogens is 1. The van der Waals surface area contributed by atoms with Gasteiger partial charge in [-0.3, -0.25) is 4.79 Å². The monoisotopic (exact) mass is 439 g/mol. The zero-order valence-corrected chi connectivity index (χ0v) is 18.8. The Morgan fingerprint density at radius 3 is 2.61 bits per heavy atom. The van der Waals surface area contributed by atoms with Gasteiger partial charge in [0, 0.05) is 43.2 Å². The van der Waals surface area contributed by atoms with Crippen LogP contribution in [-0.4, -0.2) is 43.8 Å². The number of hydrogen-bond donors (Lipinski definition) is 2. The lowest BCUT2D eigenvalue weighted by Crippen LogP contribution is -2.39. The molecule has 1 aromatic heterocycles. The Morgan fingerprint density at radius 2 is 1.87 bits per heavy atom. The Bertz CT molecular complexity index is 1190. The number of fused-ring (bicyclic) bond motifs is 1. The molecule has 31 heavy (non-hydrogen) atoms. The number of carbonyl (C=O) groups excluding carboxylic acids is 1. The lowest BCUT2D eigenvalue weighted by molar-refractivity contribution is -0.132. The van der Waals surface area contributed by atoms with E-state index in [0.717, 1.165) is 23.9 Å². The summed E-state index contributed by atoms with van der Waals surface area (Å²) in [6.45, 7) is 5.22. The number of aromatic nitrogens is 1. The van der Waals surface area contributed by atoms with Gasteiger partial charge in [0.25, 0.3) is 0 Å². The number of likely N-dealkylation sites (tertiary alicyclic amines) is 1. The highest BCUT2D eigenvalue weighted by Gasteiger charge is 2.25. The molecule has 2 aromatic carbocycles. The van der Waals surface area contributed by atoms with Gasteiger partial charge in [-0.2, -0.15) is 0 Å². The fraction of sp³-hybridized carbons (Fsp3) is 0.375. The molecule has 1 fully saturated rings. The third-order valence-corrected chi connectivity index (χ3v) is 7.78. The Morgan fingerprint density at radius 1 is 1.13 bits per heavy atom. The van der Waals surface area contributed by atoms with Crippen molar-refractivity contribution in [3.8, 4) is 0 Å². The quantitative estimate of drug-likeness (QED) is 0.612. The zero-order valence-electron chi connectivity index (χ0n) is 18.0. The molecule has 1 saturated heterocycles. The average molecular weight is 440 g/mol. The number of aromatic amines is 1. The first-order valence-electron chi connectivity index (χ1n) is 10.8. The van der Waals surface area contributed by atoms with E-state index in [-0.39, 0.29) is 23.8 Å². The third-order valence-electron chi connectivity index (χ3n) is 6.16. The highest BCUT2D eigenvalue weighted by molar-refractivity contribution is 7.89. The second kappa shape index (κ2) is 8.85. The first-order valence-corrected chi connectivity index (χ1v) is 12.2. The van der Waals surface area contributed by atoms with Crippen molar-refractivity contribution in [2.24, 2.45) is 0 Å². The number of benzene rings is 2. The van der Waals surface area contributed by atoms with E-state index in [0.29, 0.717) is 24.6 Å². The summed E-state index contributed by atoms with van der Waals surface area (Å²) < 4.78 is 27.7. The Kier molecular flexibility index (Phi) is 6.16. The van der Waals surface area contributed by atoms with Crippen LogP contribution in [0.4, 0.5) is 0 Å². The van der Waals surface area contributed by atoms with Crippen LogP contribution in [0.2, 0.25) is 0 Å². The van der Waals surface area contributed by atoms with Crippen LogP contribution in [0.25, 0.3) is 10.9 Å². The minimum Gasteiger partial charge on any atom is -0.361 e. The zero-order chi connectivity index (χ0) is 22.0. The molecule has 2 N–H and O–H groups in total. The molecule has 1 aliphatic heterocycles. The van der Waals surface area contributed by atoms with E-state index < -0.39 is 10.0 Å². The molecular weight excluding hydrogens is 410 g/mol. The van der Waals surface area contributed by atoms with Crippen LogP contribution in [-0.2, 0) is 14.8 Å². The smallest absolute Gasteiger partial charge is 0.240 e. The summed E-state index contributed by atoms with van der Waals surface area (Å²) in [5, 5.41) is 1.26. The van der Waals surface area contributed by atoms with Crippen molar-refractivity contribution in [3.63, 3.8) is 0 Å². The number of carbonyl (C=O) groups is 1. The van der Waals surface area contributed by atoms with Gasteiger partial charge in [0.05, 0.1) is 4.90 Å². The molecule has 1 amide bonds. The molecule has 164 valence electrons. The Hall–Kier alpha value is -2.64. The largest absolute Gasteiger partial charge is 0.361 e. The predicted molar refractivity (Wildman–Crippen MR) is 123 cm³/mol. The molecule has 0 unspecified atom stereocenters. The topological polar surface area (TPSA) is 82.3 Å². The molecule has 6 nitrogen and oxygen atoms in total. The Balaban J connectivity index is 1.29. The van der Waals surface area contributed by atoms with Crippen molar-refractivity contribution in [2.45, 2.75) is 43.9 Å². The van der Waals surface area contributed by atoms with Gasteiger partial charge in [-0.25, -0.2) is 13.1 Å². The maximum atomic E-state index is 12.6. The number of nitrogens with one attached hydrogen (secondary N) is 2. The minimum atomic E-state index is -3.62. The molecule has 0 bridgehead atoms. The van der Waals surface area contributed by atoms with Crippen molar-refractivity contribution >= 4 is 26.8 Å². The highest BCUT2D eigenvalue weighted by atomic mass is 32.2. The fourth-order valence-corrected chi connectivity index (χ4v) is 5.76. The molecule has 0 atom stereocenters. The van der Waals surface area contributed by atoms with Gasteiger partial charge in [-0.15, -0.1) is 0 Å². The summed E-state index contributed by atoms with van der Waals surface area (Å²) in [7, 11) is -3.62. The van der Waals surface area contributed by atoms with Gasteiger partial charge in [0.1, 0.15) is 0 Å². The average Bonchev–Trinajstić information content (AvgIpc) is 3.17. The molecule has 3 aromatic rings. The van der Waals surface area contributed by atoms with Crippen molar-refractivity contribution in [2.75, 3.05) is 19.6 Å². The van der Waals surface area contributed by atoms with E-state index in [1.165, 1.54) is 10.9 Å². The van der Waals surface area contributed by atoms with E-state index in [9.17, 15) is 13.2 Å². The molecule has 1 aliphatic rings. The van der Waals surface area contributed by atoms with Gasteiger partial charge in [0.15, 0.2) is 0 Å². The number of nitrogens with zero attached hydrogens (tertiary/aromatic N) is 1. The summed E-state index contributed by atoms with van der Waals surface area (Å²) in [6.07, 6.45) is 4.10. The molecular formula is C24H29N3O3S. The number of rotatable bonds is 6. The lowest BCUT2D eigenvalue weighted by atomic mass is 9.89. The maximum absolute atomic E-state index is 12.6. The van der Waals surface area contributed by atoms with Crippen LogP contribution in [0.5, 0.6) is 0 Å². The van der Waals surface area contributed by atoms with Gasteiger partial charge >= 0.3 is 0 Å². The Labute approximate surface area is 183 Å². The molecule has 0 spiro atoms. The van der Waals surface area contributed by atoms with E-state index >= 15 is 0 Å². The van der Waals surface area contributed by atoms with E-state index in [4.69, 9.17) is 0 Å². The minimum absolute atomic E-state index is 0.000653. The molecule has 0 aliphatic carbocycles. The van der Waals surface area contributed by atoms with Crippen LogP contribution >= 0.6 is 0 Å². The molecule has 0 saturated carbocycles. The van der Waals surface area contributed by atoms with Crippen LogP contribution < -0.4 is 4.72 Å². The standard InChI is InChI=1S/C24H29N3O3S/c1-17-7-8-23(18(2)15-17)31(29,30)26-12-9-24(28)27-13-10-19(11-14-27)21-16-25-22-6-4-3-5-20(21)22/h3-8,15-16,19,25-26H,9-14H2,1-2H3. The van der Waals surface area contributed by atoms with Crippen LogP contribution in [0, 0.1) is 13.8 Å². The summed E-state index contributed by atoms with van der Waals surface area (Å²) in [6, 6.07) is 13.5. The molecule has 0 radical (unpaired) electrons. The summed E-state index contributed by atoms with van der Waals surface area (Å²) in [5.41, 5.74) is 4.19. The SMILES string of the molecule is Cc1ccc(S(=O)(=O)NCCC(=O)N2CCC(c3c[nH]c4ccccc34)CC2)c(C)c1. The number of aryl methyl sites for hydroxylation is 2. The molecule has 4 rings (SSSR count). The van der Waals surface area contributed by atoms with Gasteiger partial charge in [0.2, 0.25) is 15.9 Å². The van der Waals surface area contributed by atoms with Gasteiger partial charge in [-0.05, 0) is 55.9 Å². The predicted octanol–water partition coefficient (Wildman–Crippen LogP) is 3.86. The molecule has 2 heterocycles. The summed E-state index contributed by atoms with van der Waals surface area (Å²) >= 11 is 0. The van der Waals surface area contributed by atoms with Crippen LogP contribution in [0.1, 0.15) is 41.9 Å². The third kappa shape index (κ3) is 4.67. The summed E-state index contributed by atoms with van der Waals surface area (Å²) in [5.74, 6) is 0.434. The highest BCUT2D eigenvalue weighted by Crippen LogP contribution is 2.33. The van der Waals surface area contributed by atoms with Crippen LogP contribution in [0.15, 0.2) is 53.6 Å². The van der Waals surface area contributed by atoms with Gasteiger partial charge in [-0.1, -0.05) is 35.9 Å². The second-order valence-electron chi connectivity index (χ2n) is 8.36. The fourth-order valence-electron chi connectivity index (χ4n) is 4.50. The van der Waals surface area contributed by atoms with Crippen molar-refractivity contribution < 1.29 is 13.2 Å². The number of hydrogen-bond acceptors (Lipinski definition) is 3. The normalized spacial score (nSPS) is 15.5. The van der Waals surface area contributed by atoms with E-state index in [1.807, 2.05) is 24.0 Å². The van der Waals surface area contributed by atoms with Crippen molar-refractivity contribution in [1.29, 1.82) is 0 Å². The maximum Gasteiger partial charge on any atom is 0.240 e. The number of piperidine rings is 1. The first kappa shape index (κ1) is 21.6. The number of para-hydroxylation sites is 1. The van der Waals surface area contributed by atoms with Crippen LogP contribution in [0.3, 0.4) is 0 Å². The van der Waals surface area contributed by atoms with E-state index in [1.54, 1.807) is 19.1 Å². The number of sulfonamides is 1. The van der Waals surface area contributed by atoms with Gasteiger partial charge < -0.3 is 9.88 Å². The lowest BCUT2D eigenvalue weighted by Gasteiger charge is -2.32. The van der Waals surface area contributed by atoms with E-state index in [2.05, 4.69) is 34.1 Å². The number of amides is 1. The molecule has 7 heteroatoms. The second-order valence-corrected chi connectivity index (χ2v) is 10.1. The first-order chi connectivity index (χ1) is 14.8. The van der Waals surface area contributed by atoms with Crippen molar-refractivity contribution in [3.05, 3.63) is 65.4 Å². The van der Waals surface area contributed by atoms with Crippen molar-refractivity contribution in [1.82, 2.24) is 14.6 Å². The summed E-state index contributed by atoms with van der Waals surface area (Å²) in [4.78, 5) is 18.1.